The van der Waals surface area contributed by atoms with Crippen LogP contribution in [0.25, 0.3) is 22.4 Å². The van der Waals surface area contributed by atoms with Gasteiger partial charge in [-0.2, -0.15) is 9.50 Å². The van der Waals surface area contributed by atoms with Crippen LogP contribution in [0.5, 0.6) is 11.5 Å². The lowest BCUT2D eigenvalue weighted by atomic mass is 9.78. The molecule has 0 spiro atoms. The Balaban J connectivity index is 1.87. The minimum Gasteiger partial charge on any atom is -0.426 e. The summed E-state index contributed by atoms with van der Waals surface area (Å²) in [5.41, 5.74) is 2.17. The highest BCUT2D eigenvalue weighted by Gasteiger charge is 2.28. The Labute approximate surface area is 224 Å². The Morgan fingerprint density at radius 1 is 0.921 bits per heavy atom. The quantitative estimate of drug-likeness (QED) is 0.274. The monoisotopic (exact) mass is 533 g/mol. The van der Waals surface area contributed by atoms with E-state index in [1.54, 1.807) is 24.3 Å². The molecule has 0 atom stereocenters. The summed E-state index contributed by atoms with van der Waals surface area (Å²) in [5.74, 6) is 0.359. The molecule has 4 aromatic rings. The third-order valence-electron chi connectivity index (χ3n) is 5.83. The van der Waals surface area contributed by atoms with Crippen molar-refractivity contribution in [3.8, 4) is 22.9 Å². The summed E-state index contributed by atoms with van der Waals surface area (Å²) in [7, 11) is 0. The molecule has 198 valence electrons. The van der Waals surface area contributed by atoms with Gasteiger partial charge >= 0.3 is 11.9 Å². The zero-order valence-corrected chi connectivity index (χ0v) is 23.6. The summed E-state index contributed by atoms with van der Waals surface area (Å²) in [6.07, 6.45) is 1.82. The van der Waals surface area contributed by atoms with Crippen LogP contribution < -0.4 is 19.6 Å². The van der Waals surface area contributed by atoms with Crippen molar-refractivity contribution in [1.82, 2.24) is 14.6 Å². The van der Waals surface area contributed by atoms with Gasteiger partial charge in [-0.1, -0.05) is 65.0 Å². The van der Waals surface area contributed by atoms with Crippen molar-refractivity contribution < 1.29 is 19.1 Å². The number of hydrogen-bond acceptors (Lipinski definition) is 8. The van der Waals surface area contributed by atoms with Gasteiger partial charge in [-0.05, 0) is 46.7 Å². The van der Waals surface area contributed by atoms with Crippen molar-refractivity contribution in [2.75, 3.05) is 0 Å². The maximum Gasteiger partial charge on any atom is 0.308 e. The second-order valence-electron chi connectivity index (χ2n) is 11.2. The predicted molar refractivity (Wildman–Crippen MR) is 148 cm³/mol. The highest BCUT2D eigenvalue weighted by atomic mass is 32.1. The van der Waals surface area contributed by atoms with E-state index in [0.717, 1.165) is 16.7 Å². The lowest BCUT2D eigenvalue weighted by Gasteiger charge is -2.29. The third-order valence-corrected chi connectivity index (χ3v) is 6.79. The third kappa shape index (κ3) is 5.52. The van der Waals surface area contributed by atoms with Crippen molar-refractivity contribution in [2.24, 2.45) is 0 Å². The van der Waals surface area contributed by atoms with Gasteiger partial charge in [0.15, 0.2) is 5.82 Å². The van der Waals surface area contributed by atoms with E-state index < -0.39 is 5.97 Å². The molecular formula is C29H31N3O5S. The first-order valence-electron chi connectivity index (χ1n) is 12.2. The number of esters is 2. The second-order valence-corrected chi connectivity index (χ2v) is 12.2. The lowest BCUT2D eigenvalue weighted by Crippen LogP contribution is -2.24. The highest BCUT2D eigenvalue weighted by Crippen LogP contribution is 2.41. The molecule has 0 unspecified atom stereocenters. The van der Waals surface area contributed by atoms with Gasteiger partial charge in [-0.25, -0.2) is 0 Å². The van der Waals surface area contributed by atoms with E-state index in [4.69, 9.17) is 9.47 Å². The fourth-order valence-electron chi connectivity index (χ4n) is 4.10. The highest BCUT2D eigenvalue weighted by molar-refractivity contribution is 7.15. The van der Waals surface area contributed by atoms with Crippen LogP contribution in [0.4, 0.5) is 0 Å². The average molecular weight is 534 g/mol. The number of ether oxygens (including phenoxy) is 2. The Morgan fingerprint density at radius 2 is 1.50 bits per heavy atom. The molecule has 0 aliphatic carbocycles. The number of nitrogens with zero attached hydrogens (tertiary/aromatic N) is 3. The maximum atomic E-state index is 13.3. The standard InChI is InChI=1S/C29H31N3O5S/c1-16(33)36-22-12-10-9-11-19(22)25-30-27-32(31-25)26(35)23(38-27)15-18-13-20(28(3,4)5)24(37-17(2)34)21(14-18)29(6,7)8/h9-15H,1-8H3/b23-15-. The first-order valence-corrected chi connectivity index (χ1v) is 13.0. The fraction of sp³-hybridized carbons (Fsp3) is 0.345. The van der Waals surface area contributed by atoms with Gasteiger partial charge in [0.1, 0.15) is 11.5 Å². The van der Waals surface area contributed by atoms with E-state index in [1.807, 2.05) is 18.2 Å². The molecule has 38 heavy (non-hydrogen) atoms. The molecule has 2 heterocycles. The van der Waals surface area contributed by atoms with E-state index in [0.29, 0.717) is 32.4 Å². The minimum absolute atomic E-state index is 0.299. The first kappa shape index (κ1) is 27.2. The first-order chi connectivity index (χ1) is 17.6. The molecule has 0 fully saturated rings. The number of para-hydroxylation sites is 1. The van der Waals surface area contributed by atoms with Crippen molar-refractivity contribution in [1.29, 1.82) is 0 Å². The molecule has 0 aliphatic heterocycles. The summed E-state index contributed by atoms with van der Waals surface area (Å²) in [4.78, 5) is 41.7. The Morgan fingerprint density at radius 3 is 2.03 bits per heavy atom. The van der Waals surface area contributed by atoms with Crippen LogP contribution in [-0.4, -0.2) is 26.5 Å². The van der Waals surface area contributed by atoms with Crippen LogP contribution >= 0.6 is 11.3 Å². The van der Waals surface area contributed by atoms with Gasteiger partial charge in [0, 0.05) is 25.0 Å². The smallest absolute Gasteiger partial charge is 0.308 e. The van der Waals surface area contributed by atoms with Gasteiger partial charge < -0.3 is 9.47 Å². The van der Waals surface area contributed by atoms with Gasteiger partial charge in [0.2, 0.25) is 4.96 Å². The van der Waals surface area contributed by atoms with Crippen molar-refractivity contribution in [3.63, 3.8) is 0 Å². The molecular weight excluding hydrogens is 502 g/mol. The molecule has 0 N–H and O–H groups in total. The summed E-state index contributed by atoms with van der Waals surface area (Å²) < 4.78 is 12.7. The molecule has 2 aromatic carbocycles. The van der Waals surface area contributed by atoms with E-state index in [9.17, 15) is 14.4 Å². The Hall–Kier alpha value is -3.85. The average Bonchev–Trinajstić information content (AvgIpc) is 3.32. The Kier molecular flexibility index (Phi) is 7.01. The molecule has 0 aliphatic rings. The van der Waals surface area contributed by atoms with Gasteiger partial charge in [0.25, 0.3) is 5.56 Å². The predicted octanol–water partition coefficient (Wildman–Crippen LogP) is 4.81. The zero-order valence-electron chi connectivity index (χ0n) is 22.8. The maximum absolute atomic E-state index is 13.3. The van der Waals surface area contributed by atoms with Crippen LogP contribution in [0.2, 0.25) is 0 Å². The van der Waals surface area contributed by atoms with E-state index in [2.05, 4.69) is 51.6 Å². The van der Waals surface area contributed by atoms with Gasteiger partial charge in [0.05, 0.1) is 10.1 Å². The molecule has 0 bridgehead atoms. The summed E-state index contributed by atoms with van der Waals surface area (Å²) in [6, 6.07) is 10.8. The van der Waals surface area contributed by atoms with Gasteiger partial charge in [-0.15, -0.1) is 5.10 Å². The normalized spacial score (nSPS) is 12.7. The number of fused-ring (bicyclic) bond motifs is 1. The largest absolute Gasteiger partial charge is 0.426 e. The molecule has 0 saturated carbocycles. The summed E-state index contributed by atoms with van der Waals surface area (Å²) >= 11 is 1.22. The molecule has 0 radical (unpaired) electrons. The Bertz CT molecular complexity index is 1630. The van der Waals surface area contributed by atoms with Crippen LogP contribution in [0.3, 0.4) is 0 Å². The molecule has 8 nitrogen and oxygen atoms in total. The fourth-order valence-corrected chi connectivity index (χ4v) is 5.00. The van der Waals surface area contributed by atoms with Crippen LogP contribution in [0, 0.1) is 0 Å². The van der Waals surface area contributed by atoms with Crippen LogP contribution in [0.1, 0.15) is 72.1 Å². The van der Waals surface area contributed by atoms with Crippen LogP contribution in [-0.2, 0) is 20.4 Å². The summed E-state index contributed by atoms with van der Waals surface area (Å²) in [5, 5.41) is 4.41. The molecule has 4 rings (SSSR count). The molecule has 0 saturated heterocycles. The van der Waals surface area contributed by atoms with Crippen LogP contribution in [0.15, 0.2) is 41.2 Å². The lowest BCUT2D eigenvalue weighted by molar-refractivity contribution is -0.132. The number of thiazole rings is 1. The van der Waals surface area contributed by atoms with E-state index in [1.165, 1.54) is 29.7 Å². The van der Waals surface area contributed by atoms with E-state index in [-0.39, 0.29) is 22.4 Å². The topological polar surface area (TPSA) is 99.9 Å². The number of carbonyl (C=O) groups is 2. The molecule has 2 aromatic heterocycles. The molecule has 9 heteroatoms. The van der Waals surface area contributed by atoms with E-state index >= 15 is 0 Å². The summed E-state index contributed by atoms with van der Waals surface area (Å²) in [6.45, 7) is 15.1. The number of carbonyl (C=O) groups excluding carboxylic acids is 2. The minimum atomic E-state index is -0.455. The van der Waals surface area contributed by atoms with Crippen molar-refractivity contribution >= 4 is 34.3 Å². The number of aromatic nitrogens is 3. The SMILES string of the molecule is CC(=O)Oc1ccccc1-c1nc2s/c(=C\c3cc(C(C)(C)C)c(OC(C)=O)c(C(C)(C)C)c3)c(=O)n2n1. The van der Waals surface area contributed by atoms with Gasteiger partial charge in [-0.3, -0.25) is 14.4 Å². The second kappa shape index (κ2) is 9.79. The zero-order chi connectivity index (χ0) is 28.0. The number of hydrogen-bond donors (Lipinski definition) is 0. The number of benzene rings is 2. The van der Waals surface area contributed by atoms with Crippen molar-refractivity contribution in [3.05, 3.63) is 68.0 Å². The number of rotatable bonds is 4. The molecule has 0 amide bonds. The van der Waals surface area contributed by atoms with Crippen molar-refractivity contribution in [2.45, 2.75) is 66.2 Å².